The number of alkyl halides is 3. The SMILES string of the molecule is CC(C)(C)OC(=O)N[C@H](CN(C(=O)O)c1ncc(-c2ccc3cnc(F)cc3c2)s1)[C@@H](O[Si](C)(C)C(C)(C)C)c1ccc(C(F)(F)F)cc1. The summed E-state index contributed by atoms with van der Waals surface area (Å²) in [7, 11) is -2.71. The fourth-order valence-corrected chi connectivity index (χ4v) is 6.84. The van der Waals surface area contributed by atoms with Gasteiger partial charge in [-0.1, -0.05) is 56.4 Å². The number of benzene rings is 2. The van der Waals surface area contributed by atoms with Crippen LogP contribution in [0.25, 0.3) is 21.2 Å². The highest BCUT2D eigenvalue weighted by Crippen LogP contribution is 2.42. The van der Waals surface area contributed by atoms with Crippen molar-refractivity contribution in [3.63, 3.8) is 0 Å². The van der Waals surface area contributed by atoms with Gasteiger partial charge in [-0.3, -0.25) is 4.90 Å². The van der Waals surface area contributed by atoms with Crippen LogP contribution >= 0.6 is 11.3 Å². The van der Waals surface area contributed by atoms with E-state index in [4.69, 9.17) is 9.16 Å². The fourth-order valence-electron chi connectivity index (χ4n) is 4.64. The number of fused-ring (bicyclic) bond motifs is 1. The van der Waals surface area contributed by atoms with E-state index in [1.807, 2.05) is 33.9 Å². The lowest BCUT2D eigenvalue weighted by Crippen LogP contribution is -2.53. The van der Waals surface area contributed by atoms with E-state index in [-0.39, 0.29) is 10.2 Å². The predicted octanol–water partition coefficient (Wildman–Crippen LogP) is 9.66. The van der Waals surface area contributed by atoms with Gasteiger partial charge in [-0.15, -0.1) is 0 Å². The minimum Gasteiger partial charge on any atom is -0.465 e. The molecule has 0 radical (unpaired) electrons. The van der Waals surface area contributed by atoms with Gasteiger partial charge in [0.05, 0.1) is 29.1 Å². The fraction of sp³-hybridized carbons (Fsp3) is 0.412. The normalized spacial score (nSPS) is 14.0. The summed E-state index contributed by atoms with van der Waals surface area (Å²) in [6.07, 6.45) is -5.01. The van der Waals surface area contributed by atoms with E-state index in [0.29, 0.717) is 26.8 Å². The van der Waals surface area contributed by atoms with Crippen LogP contribution in [0.1, 0.15) is 58.8 Å². The number of carbonyl (C=O) groups excluding carboxylic acids is 1. The smallest absolute Gasteiger partial charge is 0.416 e. The van der Waals surface area contributed by atoms with Crippen molar-refractivity contribution in [2.45, 2.75) is 83.6 Å². The average Bonchev–Trinajstić information content (AvgIpc) is 3.45. The van der Waals surface area contributed by atoms with Gasteiger partial charge in [0, 0.05) is 23.8 Å². The Bertz CT molecular complexity index is 1800. The molecule has 0 spiro atoms. The number of carboxylic acid groups (broad SMARTS) is 1. The first-order valence-corrected chi connectivity index (χ1v) is 19.1. The van der Waals surface area contributed by atoms with E-state index < -0.39 is 62.5 Å². The van der Waals surface area contributed by atoms with Crippen molar-refractivity contribution in [2.75, 3.05) is 11.4 Å². The van der Waals surface area contributed by atoms with Crippen LogP contribution in [-0.4, -0.2) is 53.8 Å². The number of halogens is 4. The quantitative estimate of drug-likeness (QED) is 0.101. The molecule has 2 amide bonds. The Morgan fingerprint density at radius 3 is 2.18 bits per heavy atom. The second-order valence-corrected chi connectivity index (χ2v) is 19.9. The maximum atomic E-state index is 13.8. The molecule has 0 saturated heterocycles. The summed E-state index contributed by atoms with van der Waals surface area (Å²) in [6.45, 7) is 14.5. The highest BCUT2D eigenvalue weighted by Gasteiger charge is 2.43. The number of nitrogens with one attached hydrogen (secondary N) is 1. The number of nitrogens with zero attached hydrogens (tertiary/aromatic N) is 3. The van der Waals surface area contributed by atoms with Gasteiger partial charge < -0.3 is 19.6 Å². The van der Waals surface area contributed by atoms with Crippen LogP contribution in [0.15, 0.2) is 60.9 Å². The van der Waals surface area contributed by atoms with Gasteiger partial charge in [-0.25, -0.2) is 19.6 Å². The van der Waals surface area contributed by atoms with E-state index in [2.05, 4.69) is 15.3 Å². The predicted molar refractivity (Wildman–Crippen MR) is 184 cm³/mol. The third kappa shape index (κ3) is 9.54. The molecule has 4 rings (SSSR count). The van der Waals surface area contributed by atoms with Gasteiger partial charge in [0.1, 0.15) is 5.60 Å². The zero-order valence-electron chi connectivity index (χ0n) is 28.5. The summed E-state index contributed by atoms with van der Waals surface area (Å²) in [5.41, 5.74) is -0.801. The summed E-state index contributed by atoms with van der Waals surface area (Å²) >= 11 is 1.06. The molecule has 15 heteroatoms. The minimum absolute atomic E-state index is 0.0676. The molecule has 0 fully saturated rings. The second-order valence-electron chi connectivity index (χ2n) is 14.1. The van der Waals surface area contributed by atoms with Gasteiger partial charge in [-0.2, -0.15) is 17.6 Å². The topological polar surface area (TPSA) is 114 Å². The number of anilines is 1. The largest absolute Gasteiger partial charge is 0.465 e. The lowest BCUT2D eigenvalue weighted by atomic mass is 10.0. The van der Waals surface area contributed by atoms with Crippen molar-refractivity contribution in [1.82, 2.24) is 15.3 Å². The zero-order chi connectivity index (χ0) is 36.5. The first-order valence-electron chi connectivity index (χ1n) is 15.4. The number of aromatic nitrogens is 2. The third-order valence-corrected chi connectivity index (χ3v) is 13.7. The van der Waals surface area contributed by atoms with E-state index in [1.54, 1.807) is 39.0 Å². The molecule has 0 saturated carbocycles. The molecule has 0 aliphatic rings. The van der Waals surface area contributed by atoms with Crippen molar-refractivity contribution in [1.29, 1.82) is 0 Å². The monoisotopic (exact) mass is 720 g/mol. The van der Waals surface area contributed by atoms with Crippen LogP contribution in [0.2, 0.25) is 18.1 Å². The van der Waals surface area contributed by atoms with Crippen LogP contribution in [0.5, 0.6) is 0 Å². The van der Waals surface area contributed by atoms with E-state index in [0.717, 1.165) is 28.4 Å². The van der Waals surface area contributed by atoms with E-state index in [1.165, 1.54) is 30.6 Å². The molecule has 2 atom stereocenters. The Morgan fingerprint density at radius 2 is 1.61 bits per heavy atom. The minimum atomic E-state index is -4.58. The maximum Gasteiger partial charge on any atom is 0.416 e. The Kier molecular flexibility index (Phi) is 10.8. The van der Waals surface area contributed by atoms with Gasteiger partial charge in [0.15, 0.2) is 13.4 Å². The first kappa shape index (κ1) is 37.7. The number of carbonyl (C=O) groups is 2. The lowest BCUT2D eigenvalue weighted by molar-refractivity contribution is -0.137. The highest BCUT2D eigenvalue weighted by atomic mass is 32.1. The molecule has 2 aromatic heterocycles. The molecule has 4 aromatic rings. The van der Waals surface area contributed by atoms with Crippen LogP contribution in [0.3, 0.4) is 0 Å². The van der Waals surface area contributed by atoms with Crippen LogP contribution in [0.4, 0.5) is 32.3 Å². The molecule has 0 aliphatic heterocycles. The summed E-state index contributed by atoms with van der Waals surface area (Å²) in [4.78, 5) is 35.6. The van der Waals surface area contributed by atoms with Crippen molar-refractivity contribution in [2.24, 2.45) is 0 Å². The molecule has 0 unspecified atom stereocenters. The van der Waals surface area contributed by atoms with Crippen LogP contribution < -0.4 is 10.2 Å². The number of ether oxygens (including phenoxy) is 1. The second kappa shape index (κ2) is 14.0. The Morgan fingerprint density at radius 1 is 0.959 bits per heavy atom. The summed E-state index contributed by atoms with van der Waals surface area (Å²) in [5.74, 6) is -0.641. The van der Waals surface area contributed by atoms with Crippen molar-refractivity contribution in [3.8, 4) is 10.4 Å². The first-order chi connectivity index (χ1) is 22.5. The van der Waals surface area contributed by atoms with E-state index in [9.17, 15) is 32.3 Å². The number of amides is 2. The molecule has 2 N–H and O–H groups in total. The average molecular weight is 721 g/mol. The van der Waals surface area contributed by atoms with E-state index >= 15 is 0 Å². The molecular weight excluding hydrogens is 681 g/mol. The molecule has 264 valence electrons. The van der Waals surface area contributed by atoms with Crippen molar-refractivity contribution >= 4 is 47.7 Å². The van der Waals surface area contributed by atoms with Crippen LogP contribution in [-0.2, 0) is 15.3 Å². The van der Waals surface area contributed by atoms with Crippen molar-refractivity contribution in [3.05, 3.63) is 78.0 Å². The highest BCUT2D eigenvalue weighted by molar-refractivity contribution is 7.19. The molecular formula is C34H40F4N4O5SSi. The van der Waals surface area contributed by atoms with Gasteiger partial charge in [0.25, 0.3) is 0 Å². The van der Waals surface area contributed by atoms with Crippen LogP contribution in [0, 0.1) is 5.95 Å². The Hall–Kier alpha value is -4.08. The molecule has 2 heterocycles. The molecule has 2 aromatic carbocycles. The maximum absolute atomic E-state index is 13.8. The Labute approximate surface area is 287 Å². The number of alkyl carbamates (subject to hydrolysis) is 1. The number of pyridine rings is 1. The summed E-state index contributed by atoms with van der Waals surface area (Å²) < 4.78 is 66.6. The zero-order valence-corrected chi connectivity index (χ0v) is 30.3. The number of hydrogen-bond donors (Lipinski definition) is 2. The Balaban J connectivity index is 1.78. The molecule has 0 aliphatic carbocycles. The summed E-state index contributed by atoms with van der Waals surface area (Å²) in [5, 5.41) is 14.2. The number of thiazole rings is 1. The molecule has 9 nitrogen and oxygen atoms in total. The standard InChI is InChI=1S/C34H40F4N4O5SSi/c1-32(2,3)46-30(43)41-25(28(47-49(7,8)33(4,5)6)20-11-13-24(14-12-20)34(36,37)38)19-42(31(44)45)29-40-18-26(48-29)21-9-10-22-17-39-27(35)16-23(22)15-21/h9-18,25,28H,19H2,1-8H3,(H,41,43)(H,44,45)/t25-,28+/m1/s1. The third-order valence-electron chi connectivity index (χ3n) is 8.17. The summed E-state index contributed by atoms with van der Waals surface area (Å²) in [6, 6.07) is 9.84. The van der Waals surface area contributed by atoms with Gasteiger partial charge >= 0.3 is 18.4 Å². The van der Waals surface area contributed by atoms with Crippen molar-refractivity contribution < 1.29 is 41.4 Å². The van der Waals surface area contributed by atoms with Gasteiger partial charge in [0.2, 0.25) is 5.95 Å². The molecule has 49 heavy (non-hydrogen) atoms. The lowest BCUT2D eigenvalue weighted by Gasteiger charge is -2.42. The van der Waals surface area contributed by atoms with Gasteiger partial charge in [-0.05, 0) is 73.6 Å². The number of rotatable bonds is 9. The number of hydrogen-bond acceptors (Lipinski definition) is 7. The molecule has 0 bridgehead atoms.